The molecule has 0 aliphatic carbocycles. The Hall–Kier alpha value is -1.43. The van der Waals surface area contributed by atoms with Gasteiger partial charge in [-0.15, -0.1) is 0 Å². The zero-order valence-electron chi connectivity index (χ0n) is 9.67. The molecule has 6 heteroatoms. The maximum Gasteiger partial charge on any atom is 0.308 e. The molecule has 3 rings (SSSR count). The number of hydrogen-bond acceptors (Lipinski definition) is 5. The third-order valence-corrected chi connectivity index (χ3v) is 4.08. The second-order valence-electron chi connectivity index (χ2n) is 4.95. The van der Waals surface area contributed by atoms with Gasteiger partial charge in [-0.05, 0) is 26.2 Å². The predicted molar refractivity (Wildman–Crippen MR) is 57.1 cm³/mol. The van der Waals surface area contributed by atoms with Gasteiger partial charge in [0.1, 0.15) is 11.4 Å². The monoisotopic (exact) mass is 237 g/mol. The van der Waals surface area contributed by atoms with Gasteiger partial charge in [-0.3, -0.25) is 9.69 Å². The zero-order chi connectivity index (χ0) is 12.0. The Morgan fingerprint density at radius 2 is 2.35 bits per heavy atom. The largest absolute Gasteiger partial charge is 0.481 e. The van der Waals surface area contributed by atoms with Gasteiger partial charge >= 0.3 is 5.97 Å². The Morgan fingerprint density at radius 1 is 1.53 bits per heavy atom. The summed E-state index contributed by atoms with van der Waals surface area (Å²) in [6.07, 6.45) is 2.84. The van der Waals surface area contributed by atoms with E-state index in [2.05, 4.69) is 19.8 Å². The molecule has 1 N–H and O–H groups in total. The lowest BCUT2D eigenvalue weighted by Gasteiger charge is -2.21. The first-order valence-electron chi connectivity index (χ1n) is 5.93. The molecule has 2 aliphatic rings. The van der Waals surface area contributed by atoms with Gasteiger partial charge in [-0.1, -0.05) is 10.3 Å². The average molecular weight is 237 g/mol. The van der Waals surface area contributed by atoms with E-state index in [4.69, 9.17) is 5.11 Å². The predicted octanol–water partition coefficient (Wildman–Crippen LogP) is 0.816. The van der Waals surface area contributed by atoms with Crippen molar-refractivity contribution in [1.82, 2.24) is 15.2 Å². The first-order chi connectivity index (χ1) is 8.16. The van der Waals surface area contributed by atoms with Crippen LogP contribution in [-0.4, -0.2) is 38.4 Å². The van der Waals surface area contributed by atoms with E-state index in [0.29, 0.717) is 12.6 Å². The van der Waals surface area contributed by atoms with E-state index in [9.17, 15) is 4.79 Å². The molecule has 0 saturated carbocycles. The highest BCUT2D eigenvalue weighted by molar-refractivity contribution is 5.71. The van der Waals surface area contributed by atoms with Crippen molar-refractivity contribution in [2.45, 2.75) is 44.8 Å². The van der Waals surface area contributed by atoms with Crippen molar-refractivity contribution in [3.63, 3.8) is 0 Å². The topological polar surface area (TPSA) is 79.5 Å². The van der Waals surface area contributed by atoms with E-state index in [0.717, 1.165) is 30.7 Å². The number of aromatic nitrogens is 2. The minimum Gasteiger partial charge on any atom is -0.481 e. The molecule has 3 unspecified atom stereocenters. The van der Waals surface area contributed by atoms with E-state index in [1.54, 1.807) is 0 Å². The Labute approximate surface area is 98.6 Å². The van der Waals surface area contributed by atoms with Crippen LogP contribution in [-0.2, 0) is 11.3 Å². The second kappa shape index (κ2) is 3.80. The van der Waals surface area contributed by atoms with Crippen LogP contribution < -0.4 is 0 Å². The van der Waals surface area contributed by atoms with Crippen LogP contribution in [0.3, 0.4) is 0 Å². The molecule has 0 aromatic carbocycles. The van der Waals surface area contributed by atoms with Gasteiger partial charge in [-0.25, -0.2) is 4.63 Å². The van der Waals surface area contributed by atoms with Gasteiger partial charge in [-0.2, -0.15) is 0 Å². The number of rotatable bonds is 3. The first-order valence-corrected chi connectivity index (χ1v) is 5.93. The molecule has 2 aliphatic heterocycles. The van der Waals surface area contributed by atoms with Crippen molar-refractivity contribution in [3.05, 3.63) is 11.4 Å². The fraction of sp³-hybridized carbons (Fsp3) is 0.727. The third kappa shape index (κ3) is 1.63. The molecule has 3 atom stereocenters. The summed E-state index contributed by atoms with van der Waals surface area (Å²) in [4.78, 5) is 13.4. The number of carboxylic acids is 1. The molecule has 2 saturated heterocycles. The molecule has 2 bridgehead atoms. The summed E-state index contributed by atoms with van der Waals surface area (Å²) in [6, 6.07) is 0.547. The number of hydrogen-bond donors (Lipinski definition) is 1. The third-order valence-electron chi connectivity index (χ3n) is 4.08. The lowest BCUT2D eigenvalue weighted by Crippen LogP contribution is -2.32. The lowest BCUT2D eigenvalue weighted by molar-refractivity contribution is -0.142. The summed E-state index contributed by atoms with van der Waals surface area (Å²) in [6.45, 7) is 2.52. The molecular formula is C11H15N3O3. The minimum absolute atomic E-state index is 0.161. The van der Waals surface area contributed by atoms with E-state index >= 15 is 0 Å². The summed E-state index contributed by atoms with van der Waals surface area (Å²) in [5.74, 6) is -0.883. The molecule has 0 radical (unpaired) electrons. The molecule has 6 nitrogen and oxygen atoms in total. The van der Waals surface area contributed by atoms with Gasteiger partial charge in [0.05, 0.1) is 5.92 Å². The van der Waals surface area contributed by atoms with Gasteiger partial charge in [0.25, 0.3) is 0 Å². The van der Waals surface area contributed by atoms with Crippen molar-refractivity contribution >= 4 is 5.97 Å². The lowest BCUT2D eigenvalue weighted by atomic mass is 9.89. The normalized spacial score (nSPS) is 32.2. The molecule has 3 heterocycles. The Bertz CT molecular complexity index is 445. The maximum atomic E-state index is 11.1. The highest BCUT2D eigenvalue weighted by Crippen LogP contribution is 2.42. The molecule has 1 aromatic heterocycles. The van der Waals surface area contributed by atoms with E-state index in [-0.39, 0.29) is 12.0 Å². The molecule has 2 fully saturated rings. The maximum absolute atomic E-state index is 11.1. The van der Waals surface area contributed by atoms with Gasteiger partial charge in [0.2, 0.25) is 0 Å². The van der Waals surface area contributed by atoms with Crippen molar-refractivity contribution < 1.29 is 14.5 Å². The van der Waals surface area contributed by atoms with Crippen LogP contribution in [0.5, 0.6) is 0 Å². The SMILES string of the molecule is Cc1nonc1CN1C2CCC1C(C(=O)O)C2. The zero-order valence-corrected chi connectivity index (χ0v) is 9.67. The summed E-state index contributed by atoms with van der Waals surface area (Å²) < 4.78 is 4.68. The Morgan fingerprint density at radius 3 is 2.94 bits per heavy atom. The first kappa shape index (κ1) is 10.7. The average Bonchev–Trinajstić information content (AvgIpc) is 2.96. The molecule has 17 heavy (non-hydrogen) atoms. The van der Waals surface area contributed by atoms with Crippen molar-refractivity contribution in [1.29, 1.82) is 0 Å². The molecule has 92 valence electrons. The number of carbonyl (C=O) groups is 1. The fourth-order valence-electron chi connectivity index (χ4n) is 3.18. The van der Waals surface area contributed by atoms with Crippen molar-refractivity contribution in [3.8, 4) is 0 Å². The quantitative estimate of drug-likeness (QED) is 0.838. The summed E-state index contributed by atoms with van der Waals surface area (Å²) in [5, 5.41) is 16.8. The molecular weight excluding hydrogens is 222 g/mol. The van der Waals surface area contributed by atoms with Crippen LogP contribution in [0.2, 0.25) is 0 Å². The second-order valence-corrected chi connectivity index (χ2v) is 4.95. The summed E-state index contributed by atoms with van der Waals surface area (Å²) >= 11 is 0. The van der Waals surface area contributed by atoms with Gasteiger partial charge in [0, 0.05) is 18.6 Å². The van der Waals surface area contributed by atoms with Crippen molar-refractivity contribution in [2.75, 3.05) is 0 Å². The Kier molecular flexibility index (Phi) is 2.39. The van der Waals surface area contributed by atoms with Crippen LogP contribution in [0.25, 0.3) is 0 Å². The number of aryl methyl sites for hydroxylation is 1. The number of carboxylic acid groups (broad SMARTS) is 1. The van der Waals surface area contributed by atoms with E-state index < -0.39 is 5.97 Å². The summed E-state index contributed by atoms with van der Waals surface area (Å²) in [5.41, 5.74) is 1.62. The van der Waals surface area contributed by atoms with Gasteiger partial charge < -0.3 is 5.11 Å². The van der Waals surface area contributed by atoms with Crippen molar-refractivity contribution in [2.24, 2.45) is 5.92 Å². The summed E-state index contributed by atoms with van der Waals surface area (Å²) in [7, 11) is 0. The number of nitrogens with zero attached hydrogens (tertiary/aromatic N) is 3. The Balaban J connectivity index is 1.77. The van der Waals surface area contributed by atoms with Crippen LogP contribution in [0.4, 0.5) is 0 Å². The number of aliphatic carboxylic acids is 1. The molecule has 0 spiro atoms. The van der Waals surface area contributed by atoms with Crippen LogP contribution >= 0.6 is 0 Å². The highest BCUT2D eigenvalue weighted by atomic mass is 16.6. The fourth-order valence-corrected chi connectivity index (χ4v) is 3.18. The standard InChI is InChI=1S/C11H15N3O3/c1-6-9(13-17-12-6)5-14-7-2-3-10(14)8(4-7)11(15)16/h7-8,10H,2-5H2,1H3,(H,15,16). The molecule has 0 amide bonds. The highest BCUT2D eigenvalue weighted by Gasteiger charge is 2.49. The number of fused-ring (bicyclic) bond motifs is 2. The van der Waals surface area contributed by atoms with E-state index in [1.165, 1.54) is 0 Å². The minimum atomic E-state index is -0.669. The molecule has 1 aromatic rings. The van der Waals surface area contributed by atoms with Crippen LogP contribution in [0, 0.1) is 12.8 Å². The van der Waals surface area contributed by atoms with Crippen LogP contribution in [0.1, 0.15) is 30.7 Å². The smallest absolute Gasteiger partial charge is 0.308 e. The van der Waals surface area contributed by atoms with Gasteiger partial charge in [0.15, 0.2) is 0 Å². The van der Waals surface area contributed by atoms with Crippen LogP contribution in [0.15, 0.2) is 4.63 Å². The van der Waals surface area contributed by atoms with E-state index in [1.807, 2.05) is 6.92 Å².